The van der Waals surface area contributed by atoms with Crippen LogP contribution in [0.15, 0.2) is 17.0 Å². The zero-order valence-corrected chi connectivity index (χ0v) is 8.41. The fraction of sp³-hybridized carbons (Fsp3) is 0.143. The van der Waals surface area contributed by atoms with Crippen molar-refractivity contribution in [3.63, 3.8) is 0 Å². The van der Waals surface area contributed by atoms with Gasteiger partial charge in [-0.05, 0) is 47.2 Å². The first kappa shape index (κ1) is 8.33. The Kier molecular flexibility index (Phi) is 2.57. The van der Waals surface area contributed by atoms with Gasteiger partial charge in [-0.1, -0.05) is 0 Å². The number of halogens is 2. The summed E-state index contributed by atoms with van der Waals surface area (Å²) in [5.41, 5.74) is 0.906. The minimum atomic E-state index is -0.249. The summed E-state index contributed by atoms with van der Waals surface area (Å²) in [6, 6.07) is 3.17. The van der Waals surface area contributed by atoms with Crippen molar-refractivity contribution in [3.05, 3.63) is 27.1 Å². The van der Waals surface area contributed by atoms with Gasteiger partial charge in [0.05, 0.1) is 0 Å². The van der Waals surface area contributed by atoms with Crippen molar-refractivity contribution in [3.8, 4) is 0 Å². The smallest absolute Gasteiger partial charge is 0.136 e. The van der Waals surface area contributed by atoms with Crippen molar-refractivity contribution in [1.82, 2.24) is 0 Å². The number of hydrogen-bond donors (Lipinski definition) is 1. The lowest BCUT2D eigenvalue weighted by atomic mass is 10.2. The summed E-state index contributed by atoms with van der Waals surface area (Å²) in [6.07, 6.45) is 0. The monoisotopic (exact) mass is 268 g/mol. The number of benzene rings is 1. The quantitative estimate of drug-likeness (QED) is 0.542. The molecule has 0 aromatic heterocycles. The molecule has 0 fully saturated rings. The molecule has 0 spiro atoms. The van der Waals surface area contributed by atoms with Gasteiger partial charge in [-0.15, -0.1) is 12.6 Å². The maximum Gasteiger partial charge on any atom is 0.136 e. The first-order valence-corrected chi connectivity index (χ1v) is 4.29. The molecule has 0 amide bonds. The molecule has 0 unspecified atom stereocenters. The zero-order valence-electron chi connectivity index (χ0n) is 5.36. The van der Waals surface area contributed by atoms with Crippen molar-refractivity contribution in [1.29, 1.82) is 0 Å². The molecule has 0 radical (unpaired) electrons. The highest BCUT2D eigenvalue weighted by atomic mass is 127. The zero-order chi connectivity index (χ0) is 7.72. The maximum atomic E-state index is 12.7. The molecule has 0 nitrogen and oxygen atoms in total. The molecule has 54 valence electrons. The molecular weight excluding hydrogens is 262 g/mol. The average molecular weight is 268 g/mol. The number of hydrogen-bond acceptors (Lipinski definition) is 1. The maximum absolute atomic E-state index is 12.7. The van der Waals surface area contributed by atoms with Gasteiger partial charge >= 0.3 is 0 Å². The molecule has 0 heterocycles. The van der Waals surface area contributed by atoms with Crippen molar-refractivity contribution < 1.29 is 4.39 Å². The third-order valence-corrected chi connectivity index (χ3v) is 3.03. The molecule has 3 heteroatoms. The molecule has 0 aliphatic rings. The van der Waals surface area contributed by atoms with E-state index in [1.165, 1.54) is 6.07 Å². The topological polar surface area (TPSA) is 0 Å². The first-order valence-electron chi connectivity index (χ1n) is 2.76. The van der Waals surface area contributed by atoms with Crippen LogP contribution in [-0.4, -0.2) is 0 Å². The van der Waals surface area contributed by atoms with Crippen LogP contribution >= 0.6 is 35.2 Å². The Bertz CT molecular complexity index is 233. The van der Waals surface area contributed by atoms with Crippen LogP contribution in [0.3, 0.4) is 0 Å². The van der Waals surface area contributed by atoms with Crippen LogP contribution in [0.2, 0.25) is 0 Å². The summed E-state index contributed by atoms with van der Waals surface area (Å²) < 4.78 is 13.7. The Hall–Kier alpha value is 0.230. The third-order valence-electron chi connectivity index (χ3n) is 1.32. The molecule has 0 atom stereocenters. The Balaban J connectivity index is 3.34. The van der Waals surface area contributed by atoms with E-state index in [1.54, 1.807) is 6.07 Å². The van der Waals surface area contributed by atoms with Crippen LogP contribution in [0.25, 0.3) is 0 Å². The van der Waals surface area contributed by atoms with Crippen LogP contribution in [0, 0.1) is 16.3 Å². The van der Waals surface area contributed by atoms with Crippen LogP contribution in [0.4, 0.5) is 4.39 Å². The predicted octanol–water partition coefficient (Wildman–Crippen LogP) is 3.03. The van der Waals surface area contributed by atoms with Gasteiger partial charge in [0.25, 0.3) is 0 Å². The Morgan fingerprint density at radius 1 is 1.50 bits per heavy atom. The Labute approximate surface area is 78.4 Å². The lowest BCUT2D eigenvalue weighted by molar-refractivity contribution is 0.599. The number of rotatable bonds is 0. The lowest BCUT2D eigenvalue weighted by Gasteiger charge is -2.01. The summed E-state index contributed by atoms with van der Waals surface area (Å²) in [5, 5.41) is 0. The normalized spacial score (nSPS) is 10.0. The third kappa shape index (κ3) is 1.45. The fourth-order valence-corrected chi connectivity index (χ4v) is 1.50. The minimum Gasteiger partial charge on any atom is -0.206 e. The van der Waals surface area contributed by atoms with Gasteiger partial charge in [0.15, 0.2) is 0 Å². The average Bonchev–Trinajstić information content (AvgIpc) is 1.93. The van der Waals surface area contributed by atoms with Crippen LogP contribution < -0.4 is 0 Å². The fourth-order valence-electron chi connectivity index (χ4n) is 0.642. The molecule has 1 aromatic rings. The lowest BCUT2D eigenvalue weighted by Crippen LogP contribution is -1.86. The summed E-state index contributed by atoms with van der Waals surface area (Å²) >= 11 is 6.15. The molecule has 0 saturated heterocycles. The summed E-state index contributed by atoms with van der Waals surface area (Å²) in [6.45, 7) is 1.85. The molecule has 1 aromatic carbocycles. The van der Waals surface area contributed by atoms with Gasteiger partial charge in [0.1, 0.15) is 5.82 Å². The standard InChI is InChI=1S/C7H6FIS/c1-4-6(9)3-2-5(8)7(4)10/h2-3,10H,1H3. The molecule has 0 aliphatic carbocycles. The molecule has 10 heavy (non-hydrogen) atoms. The summed E-state index contributed by atoms with van der Waals surface area (Å²) in [4.78, 5) is 0.451. The second-order valence-electron chi connectivity index (χ2n) is 2.00. The van der Waals surface area contributed by atoms with E-state index in [0.29, 0.717) is 4.90 Å². The van der Waals surface area contributed by atoms with E-state index in [0.717, 1.165) is 9.13 Å². The van der Waals surface area contributed by atoms with E-state index in [9.17, 15) is 4.39 Å². The van der Waals surface area contributed by atoms with E-state index in [4.69, 9.17) is 0 Å². The highest BCUT2D eigenvalue weighted by molar-refractivity contribution is 14.1. The van der Waals surface area contributed by atoms with E-state index < -0.39 is 0 Å². The Morgan fingerprint density at radius 2 is 2.10 bits per heavy atom. The van der Waals surface area contributed by atoms with Crippen LogP contribution in [0.1, 0.15) is 5.56 Å². The molecule has 0 saturated carbocycles. The predicted molar refractivity (Wildman–Crippen MR) is 51.1 cm³/mol. The van der Waals surface area contributed by atoms with Crippen molar-refractivity contribution in [2.45, 2.75) is 11.8 Å². The van der Waals surface area contributed by atoms with Gasteiger partial charge in [0, 0.05) is 8.47 Å². The Morgan fingerprint density at radius 3 is 2.60 bits per heavy atom. The van der Waals surface area contributed by atoms with Gasteiger partial charge in [-0.3, -0.25) is 0 Å². The van der Waals surface area contributed by atoms with Gasteiger partial charge < -0.3 is 0 Å². The van der Waals surface area contributed by atoms with Crippen molar-refractivity contribution in [2.75, 3.05) is 0 Å². The largest absolute Gasteiger partial charge is 0.206 e. The van der Waals surface area contributed by atoms with Gasteiger partial charge in [0.2, 0.25) is 0 Å². The second-order valence-corrected chi connectivity index (χ2v) is 3.61. The highest BCUT2D eigenvalue weighted by Gasteiger charge is 2.02. The van der Waals surface area contributed by atoms with E-state index >= 15 is 0 Å². The van der Waals surface area contributed by atoms with E-state index in [-0.39, 0.29) is 5.82 Å². The van der Waals surface area contributed by atoms with E-state index in [1.807, 2.05) is 6.92 Å². The summed E-state index contributed by atoms with van der Waals surface area (Å²) in [7, 11) is 0. The molecule has 0 bridgehead atoms. The SMILES string of the molecule is Cc1c(I)ccc(F)c1S. The minimum absolute atomic E-state index is 0.249. The molecule has 0 aliphatic heterocycles. The van der Waals surface area contributed by atoms with E-state index in [2.05, 4.69) is 35.2 Å². The van der Waals surface area contributed by atoms with Crippen molar-refractivity contribution >= 4 is 35.2 Å². The molecular formula is C7H6FIS. The highest BCUT2D eigenvalue weighted by Crippen LogP contribution is 2.21. The number of thiol groups is 1. The van der Waals surface area contributed by atoms with Crippen molar-refractivity contribution in [2.24, 2.45) is 0 Å². The molecule has 1 rings (SSSR count). The summed E-state index contributed by atoms with van der Waals surface area (Å²) in [5.74, 6) is -0.249. The second kappa shape index (κ2) is 3.09. The van der Waals surface area contributed by atoms with Gasteiger partial charge in [-0.25, -0.2) is 4.39 Å². The molecule has 0 N–H and O–H groups in total. The van der Waals surface area contributed by atoms with Crippen LogP contribution in [0.5, 0.6) is 0 Å². The van der Waals surface area contributed by atoms with Gasteiger partial charge in [-0.2, -0.15) is 0 Å². The first-order chi connectivity index (χ1) is 4.63. The van der Waals surface area contributed by atoms with Crippen LogP contribution in [-0.2, 0) is 0 Å².